The third-order valence-corrected chi connectivity index (χ3v) is 4.73. The maximum absolute atomic E-state index is 12.7. The molecule has 1 amide bonds. The molecule has 1 atom stereocenters. The molecule has 0 radical (unpaired) electrons. The summed E-state index contributed by atoms with van der Waals surface area (Å²) in [5.41, 5.74) is 2.10. The maximum atomic E-state index is 12.7. The SMILES string of the molecule is CC1CCCN(C(=O)c2cccc(CN3CCNCC3)c2)C1. The van der Waals surface area contributed by atoms with Crippen LogP contribution in [0.4, 0.5) is 0 Å². The third kappa shape index (κ3) is 3.87. The molecule has 22 heavy (non-hydrogen) atoms. The average Bonchev–Trinajstić information content (AvgIpc) is 2.55. The summed E-state index contributed by atoms with van der Waals surface area (Å²) in [4.78, 5) is 17.2. The number of nitrogens with one attached hydrogen (secondary N) is 1. The van der Waals surface area contributed by atoms with E-state index in [2.05, 4.69) is 29.3 Å². The van der Waals surface area contributed by atoms with E-state index in [4.69, 9.17) is 0 Å². The number of amides is 1. The Labute approximate surface area is 133 Å². The highest BCUT2D eigenvalue weighted by Crippen LogP contribution is 2.18. The molecule has 0 bridgehead atoms. The largest absolute Gasteiger partial charge is 0.338 e. The number of piperidine rings is 1. The molecule has 4 heteroatoms. The van der Waals surface area contributed by atoms with Gasteiger partial charge >= 0.3 is 0 Å². The number of likely N-dealkylation sites (tertiary alicyclic amines) is 1. The van der Waals surface area contributed by atoms with E-state index in [0.717, 1.165) is 57.8 Å². The molecule has 0 aliphatic carbocycles. The summed E-state index contributed by atoms with van der Waals surface area (Å²) in [7, 11) is 0. The van der Waals surface area contributed by atoms with E-state index < -0.39 is 0 Å². The smallest absolute Gasteiger partial charge is 0.253 e. The number of carbonyl (C=O) groups is 1. The molecule has 2 saturated heterocycles. The van der Waals surface area contributed by atoms with Gasteiger partial charge in [0.1, 0.15) is 0 Å². The van der Waals surface area contributed by atoms with Crippen LogP contribution in [0.3, 0.4) is 0 Å². The monoisotopic (exact) mass is 301 g/mol. The Bertz CT molecular complexity index is 511. The summed E-state index contributed by atoms with van der Waals surface area (Å²) in [6.45, 7) is 9.28. The zero-order chi connectivity index (χ0) is 15.4. The van der Waals surface area contributed by atoms with Crippen LogP contribution in [-0.4, -0.2) is 55.0 Å². The van der Waals surface area contributed by atoms with Crippen LogP contribution in [0.15, 0.2) is 24.3 Å². The second kappa shape index (κ2) is 7.25. The van der Waals surface area contributed by atoms with Crippen LogP contribution in [0.5, 0.6) is 0 Å². The average molecular weight is 301 g/mol. The molecule has 2 aliphatic heterocycles. The molecule has 4 nitrogen and oxygen atoms in total. The first-order valence-electron chi connectivity index (χ1n) is 8.53. The number of benzene rings is 1. The molecule has 120 valence electrons. The van der Waals surface area contributed by atoms with Crippen molar-refractivity contribution in [3.63, 3.8) is 0 Å². The molecule has 2 fully saturated rings. The second-order valence-corrected chi connectivity index (χ2v) is 6.73. The topological polar surface area (TPSA) is 35.6 Å². The van der Waals surface area contributed by atoms with Crippen molar-refractivity contribution < 1.29 is 4.79 Å². The van der Waals surface area contributed by atoms with Gasteiger partial charge in [0, 0.05) is 51.4 Å². The Morgan fingerprint density at radius 3 is 2.86 bits per heavy atom. The number of rotatable bonds is 3. The number of nitrogens with zero attached hydrogens (tertiary/aromatic N) is 2. The fourth-order valence-corrected chi connectivity index (χ4v) is 3.49. The van der Waals surface area contributed by atoms with E-state index in [1.807, 2.05) is 17.0 Å². The minimum absolute atomic E-state index is 0.203. The summed E-state index contributed by atoms with van der Waals surface area (Å²) in [5, 5.41) is 3.37. The molecule has 1 unspecified atom stereocenters. The van der Waals surface area contributed by atoms with E-state index in [9.17, 15) is 4.79 Å². The number of piperazine rings is 1. The standard InChI is InChI=1S/C18H27N3O/c1-15-4-3-9-21(13-15)18(22)17-6-2-5-16(12-17)14-20-10-7-19-8-11-20/h2,5-6,12,15,19H,3-4,7-11,13-14H2,1H3. The number of hydrogen-bond acceptors (Lipinski definition) is 3. The fourth-order valence-electron chi connectivity index (χ4n) is 3.49. The molecule has 1 N–H and O–H groups in total. The van der Waals surface area contributed by atoms with Crippen LogP contribution in [0.25, 0.3) is 0 Å². The van der Waals surface area contributed by atoms with Crippen LogP contribution < -0.4 is 5.32 Å². The first-order valence-corrected chi connectivity index (χ1v) is 8.53. The lowest BCUT2D eigenvalue weighted by molar-refractivity contribution is 0.0683. The summed E-state index contributed by atoms with van der Waals surface area (Å²) in [6.07, 6.45) is 2.38. The van der Waals surface area contributed by atoms with Gasteiger partial charge in [0.2, 0.25) is 0 Å². The highest BCUT2D eigenvalue weighted by atomic mass is 16.2. The van der Waals surface area contributed by atoms with Gasteiger partial charge in [0.05, 0.1) is 0 Å². The summed E-state index contributed by atoms with van der Waals surface area (Å²) < 4.78 is 0. The normalized spacial score (nSPS) is 23.5. The highest BCUT2D eigenvalue weighted by molar-refractivity contribution is 5.94. The Morgan fingerprint density at radius 1 is 1.27 bits per heavy atom. The van der Waals surface area contributed by atoms with Crippen molar-refractivity contribution in [1.29, 1.82) is 0 Å². The van der Waals surface area contributed by atoms with E-state index in [1.54, 1.807) is 0 Å². The lowest BCUT2D eigenvalue weighted by atomic mass is 9.99. The van der Waals surface area contributed by atoms with Crippen molar-refractivity contribution in [1.82, 2.24) is 15.1 Å². The third-order valence-electron chi connectivity index (χ3n) is 4.73. The van der Waals surface area contributed by atoms with Crippen molar-refractivity contribution in [2.45, 2.75) is 26.3 Å². The summed E-state index contributed by atoms with van der Waals surface area (Å²) >= 11 is 0. The first kappa shape index (κ1) is 15.5. The predicted molar refractivity (Wildman–Crippen MR) is 88.9 cm³/mol. The van der Waals surface area contributed by atoms with Gasteiger partial charge in [-0.1, -0.05) is 19.1 Å². The Kier molecular flexibility index (Phi) is 5.11. The highest BCUT2D eigenvalue weighted by Gasteiger charge is 2.22. The van der Waals surface area contributed by atoms with Crippen LogP contribution >= 0.6 is 0 Å². The molecule has 2 aliphatic rings. The molecule has 0 saturated carbocycles. The minimum atomic E-state index is 0.203. The Balaban J connectivity index is 1.66. The van der Waals surface area contributed by atoms with Crippen molar-refractivity contribution in [3.8, 4) is 0 Å². The number of hydrogen-bond donors (Lipinski definition) is 1. The lowest BCUT2D eigenvalue weighted by Crippen LogP contribution is -2.43. The molecule has 1 aromatic carbocycles. The zero-order valence-corrected chi connectivity index (χ0v) is 13.6. The van der Waals surface area contributed by atoms with E-state index in [-0.39, 0.29) is 5.91 Å². The molecule has 1 aromatic rings. The van der Waals surface area contributed by atoms with Gasteiger partial charge in [-0.05, 0) is 36.5 Å². The van der Waals surface area contributed by atoms with E-state index in [1.165, 1.54) is 12.0 Å². The summed E-state index contributed by atoms with van der Waals surface area (Å²) in [6, 6.07) is 8.21. The van der Waals surface area contributed by atoms with Gasteiger partial charge in [-0.25, -0.2) is 0 Å². The van der Waals surface area contributed by atoms with Crippen LogP contribution in [0.2, 0.25) is 0 Å². The zero-order valence-electron chi connectivity index (χ0n) is 13.6. The molecule has 0 spiro atoms. The maximum Gasteiger partial charge on any atom is 0.253 e. The van der Waals surface area contributed by atoms with Crippen molar-refractivity contribution >= 4 is 5.91 Å². The molecule has 0 aromatic heterocycles. The predicted octanol–water partition coefficient (Wildman–Crippen LogP) is 1.96. The van der Waals surface area contributed by atoms with Crippen molar-refractivity contribution in [2.75, 3.05) is 39.3 Å². The fraction of sp³-hybridized carbons (Fsp3) is 0.611. The minimum Gasteiger partial charge on any atom is -0.338 e. The lowest BCUT2D eigenvalue weighted by Gasteiger charge is -2.31. The quantitative estimate of drug-likeness (QED) is 0.927. The van der Waals surface area contributed by atoms with Gasteiger partial charge in [0.25, 0.3) is 5.91 Å². The second-order valence-electron chi connectivity index (χ2n) is 6.73. The molecular formula is C18H27N3O. The van der Waals surface area contributed by atoms with Gasteiger partial charge in [0.15, 0.2) is 0 Å². The van der Waals surface area contributed by atoms with Crippen LogP contribution in [0.1, 0.15) is 35.7 Å². The first-order chi connectivity index (χ1) is 10.7. The van der Waals surface area contributed by atoms with Crippen LogP contribution in [0, 0.1) is 5.92 Å². The van der Waals surface area contributed by atoms with Gasteiger partial charge in [-0.2, -0.15) is 0 Å². The number of carbonyl (C=O) groups excluding carboxylic acids is 1. The molecule has 3 rings (SSSR count). The van der Waals surface area contributed by atoms with E-state index in [0.29, 0.717) is 5.92 Å². The Hall–Kier alpha value is -1.39. The van der Waals surface area contributed by atoms with Crippen molar-refractivity contribution in [3.05, 3.63) is 35.4 Å². The van der Waals surface area contributed by atoms with Crippen LogP contribution in [-0.2, 0) is 6.54 Å². The molecule has 2 heterocycles. The summed E-state index contributed by atoms with van der Waals surface area (Å²) in [5.74, 6) is 0.829. The van der Waals surface area contributed by atoms with Gasteiger partial charge < -0.3 is 10.2 Å². The van der Waals surface area contributed by atoms with Gasteiger partial charge in [-0.15, -0.1) is 0 Å². The van der Waals surface area contributed by atoms with Gasteiger partial charge in [-0.3, -0.25) is 9.69 Å². The molecular weight excluding hydrogens is 274 g/mol. The Morgan fingerprint density at radius 2 is 2.09 bits per heavy atom. The van der Waals surface area contributed by atoms with E-state index >= 15 is 0 Å². The van der Waals surface area contributed by atoms with Crippen molar-refractivity contribution in [2.24, 2.45) is 5.92 Å².